The van der Waals surface area contributed by atoms with Gasteiger partial charge >= 0.3 is 0 Å². The summed E-state index contributed by atoms with van der Waals surface area (Å²) in [5, 5.41) is 10.4. The SMILES string of the molecule is C1=C(c2ccccc2)NC(c2cccc3c2-c2cc4ccccc4cc2C32c3ccccc3Oc3ccccc32)NC1c1ccccc1. The third-order valence-corrected chi connectivity index (χ3v) is 10.4. The van der Waals surface area contributed by atoms with Crippen molar-refractivity contribution < 1.29 is 4.74 Å². The lowest BCUT2D eigenvalue weighted by Gasteiger charge is -2.39. The molecule has 3 heteroatoms. The lowest BCUT2D eigenvalue weighted by Crippen LogP contribution is -2.40. The molecule has 2 heterocycles. The van der Waals surface area contributed by atoms with Crippen molar-refractivity contribution in [2.75, 3.05) is 0 Å². The van der Waals surface area contributed by atoms with Gasteiger partial charge in [0.15, 0.2) is 0 Å². The Hall–Kier alpha value is -5.90. The summed E-state index contributed by atoms with van der Waals surface area (Å²) in [4.78, 5) is 0. The van der Waals surface area contributed by atoms with Crippen molar-refractivity contribution in [1.82, 2.24) is 10.6 Å². The number of hydrogen-bond donors (Lipinski definition) is 2. The topological polar surface area (TPSA) is 33.3 Å². The Kier molecular flexibility index (Phi) is 5.99. The first-order valence-corrected chi connectivity index (χ1v) is 16.7. The second kappa shape index (κ2) is 10.6. The van der Waals surface area contributed by atoms with E-state index >= 15 is 0 Å². The van der Waals surface area contributed by atoms with E-state index in [2.05, 4.69) is 181 Å². The average molecular weight is 617 g/mol. The highest BCUT2D eigenvalue weighted by Crippen LogP contribution is 2.63. The lowest BCUT2D eigenvalue weighted by molar-refractivity contribution is 0.435. The van der Waals surface area contributed by atoms with Crippen LogP contribution in [0, 0.1) is 0 Å². The third kappa shape index (κ3) is 3.92. The van der Waals surface area contributed by atoms with Crippen LogP contribution in [-0.2, 0) is 5.41 Å². The van der Waals surface area contributed by atoms with E-state index in [1.54, 1.807) is 0 Å². The number of fused-ring (bicyclic) bond motifs is 10. The zero-order valence-corrected chi connectivity index (χ0v) is 26.2. The average Bonchev–Trinajstić information content (AvgIpc) is 3.44. The number of nitrogens with one attached hydrogen (secondary N) is 2. The zero-order valence-electron chi connectivity index (χ0n) is 26.2. The Balaban J connectivity index is 1.26. The fourth-order valence-corrected chi connectivity index (χ4v) is 8.36. The summed E-state index contributed by atoms with van der Waals surface area (Å²) in [5.74, 6) is 1.81. The predicted molar refractivity (Wildman–Crippen MR) is 194 cm³/mol. The van der Waals surface area contributed by atoms with E-state index in [0.717, 1.165) is 17.2 Å². The molecular formula is C45H32N2O. The van der Waals surface area contributed by atoms with E-state index in [4.69, 9.17) is 4.74 Å². The van der Waals surface area contributed by atoms with Crippen molar-refractivity contribution in [3.63, 3.8) is 0 Å². The van der Waals surface area contributed by atoms with Crippen molar-refractivity contribution in [2.24, 2.45) is 0 Å². The predicted octanol–water partition coefficient (Wildman–Crippen LogP) is 10.3. The molecule has 7 aromatic rings. The molecule has 0 saturated carbocycles. The van der Waals surface area contributed by atoms with E-state index < -0.39 is 5.41 Å². The van der Waals surface area contributed by atoms with Gasteiger partial charge in [-0.2, -0.15) is 0 Å². The highest BCUT2D eigenvalue weighted by Gasteiger charge is 2.52. The van der Waals surface area contributed by atoms with Gasteiger partial charge in [-0.25, -0.2) is 0 Å². The standard InChI is InChI=1S/C45H32N2O/c1-3-14-29(15-4-1)39-28-40(30-16-5-2-6-17-30)47-44(46-39)33-20-13-23-37-43(33)34-26-31-18-7-8-19-32(31)27-38(34)45(37)35-21-9-11-24-41(35)48-42-25-12-10-22-36(42)45/h1-28,39,44,46-47H. The molecular weight excluding hydrogens is 585 g/mol. The van der Waals surface area contributed by atoms with Gasteiger partial charge in [0.05, 0.1) is 11.5 Å². The lowest BCUT2D eigenvalue weighted by atomic mass is 9.66. The molecule has 2 atom stereocenters. The van der Waals surface area contributed by atoms with Crippen LogP contribution in [0.3, 0.4) is 0 Å². The summed E-state index contributed by atoms with van der Waals surface area (Å²) in [6.45, 7) is 0. The Morgan fingerprint density at radius 2 is 1.12 bits per heavy atom. The van der Waals surface area contributed by atoms with Crippen LogP contribution in [-0.4, -0.2) is 0 Å². The molecule has 1 aliphatic carbocycles. The van der Waals surface area contributed by atoms with Gasteiger partial charge in [-0.15, -0.1) is 0 Å². The molecule has 7 aromatic carbocycles. The Morgan fingerprint density at radius 3 is 1.85 bits per heavy atom. The highest BCUT2D eigenvalue weighted by molar-refractivity contribution is 5.98. The number of rotatable bonds is 3. The van der Waals surface area contributed by atoms with E-state index in [1.807, 2.05) is 0 Å². The van der Waals surface area contributed by atoms with E-state index in [9.17, 15) is 0 Å². The van der Waals surface area contributed by atoms with Gasteiger partial charge < -0.3 is 10.1 Å². The van der Waals surface area contributed by atoms with Crippen LogP contribution in [0.15, 0.2) is 170 Å². The minimum Gasteiger partial charge on any atom is -0.457 e. The molecule has 2 N–H and O–H groups in total. The van der Waals surface area contributed by atoms with Gasteiger partial charge in [-0.05, 0) is 80.1 Å². The summed E-state index contributed by atoms with van der Waals surface area (Å²) >= 11 is 0. The molecule has 3 nitrogen and oxygen atoms in total. The van der Waals surface area contributed by atoms with E-state index in [1.165, 1.54) is 60.8 Å². The fourth-order valence-electron chi connectivity index (χ4n) is 8.36. The van der Waals surface area contributed by atoms with Crippen molar-refractivity contribution in [1.29, 1.82) is 0 Å². The second-order valence-electron chi connectivity index (χ2n) is 12.9. The van der Waals surface area contributed by atoms with Gasteiger partial charge in [0.2, 0.25) is 0 Å². The Morgan fingerprint density at radius 1 is 0.521 bits per heavy atom. The quantitative estimate of drug-likeness (QED) is 0.207. The highest BCUT2D eigenvalue weighted by atomic mass is 16.5. The van der Waals surface area contributed by atoms with Crippen LogP contribution in [0.1, 0.15) is 51.2 Å². The monoisotopic (exact) mass is 616 g/mol. The number of ether oxygens (including phenoxy) is 1. The maximum absolute atomic E-state index is 6.62. The Labute approximate surface area is 280 Å². The first-order chi connectivity index (χ1) is 23.8. The van der Waals surface area contributed by atoms with E-state index in [0.29, 0.717) is 0 Å². The molecule has 10 rings (SSSR count). The van der Waals surface area contributed by atoms with Crippen LogP contribution in [0.5, 0.6) is 11.5 Å². The van der Waals surface area contributed by atoms with Crippen molar-refractivity contribution in [3.05, 3.63) is 209 Å². The van der Waals surface area contributed by atoms with Gasteiger partial charge in [0.1, 0.15) is 17.7 Å². The molecule has 0 amide bonds. The molecule has 2 unspecified atom stereocenters. The first-order valence-electron chi connectivity index (χ1n) is 16.7. The smallest absolute Gasteiger partial charge is 0.132 e. The third-order valence-electron chi connectivity index (χ3n) is 10.4. The van der Waals surface area contributed by atoms with Gasteiger partial charge in [0, 0.05) is 16.8 Å². The molecule has 0 radical (unpaired) electrons. The second-order valence-corrected chi connectivity index (χ2v) is 12.9. The summed E-state index contributed by atoms with van der Waals surface area (Å²) in [5.41, 5.74) is 11.7. The zero-order chi connectivity index (χ0) is 31.7. The summed E-state index contributed by atoms with van der Waals surface area (Å²) in [7, 11) is 0. The minimum atomic E-state index is -0.540. The van der Waals surface area contributed by atoms with Crippen LogP contribution in [0.4, 0.5) is 0 Å². The molecule has 1 spiro atoms. The van der Waals surface area contributed by atoms with Crippen molar-refractivity contribution >= 4 is 16.5 Å². The number of benzene rings is 7. The summed E-state index contributed by atoms with van der Waals surface area (Å²) < 4.78 is 6.62. The summed E-state index contributed by atoms with van der Waals surface area (Å²) in [6.07, 6.45) is 2.17. The molecule has 3 aliphatic rings. The number of hydrogen-bond acceptors (Lipinski definition) is 3. The van der Waals surface area contributed by atoms with E-state index in [-0.39, 0.29) is 12.2 Å². The number of para-hydroxylation sites is 2. The van der Waals surface area contributed by atoms with Crippen molar-refractivity contribution in [3.8, 4) is 22.6 Å². The maximum Gasteiger partial charge on any atom is 0.132 e. The molecule has 0 fully saturated rings. The molecule has 2 aliphatic heterocycles. The molecule has 0 saturated heterocycles. The van der Waals surface area contributed by atoms with Crippen LogP contribution >= 0.6 is 0 Å². The first kappa shape index (κ1) is 27.2. The van der Waals surface area contributed by atoms with Crippen molar-refractivity contribution in [2.45, 2.75) is 17.6 Å². The largest absolute Gasteiger partial charge is 0.457 e. The fraction of sp³-hybridized carbons (Fsp3) is 0.0667. The van der Waals surface area contributed by atoms with Gasteiger partial charge in [-0.1, -0.05) is 140 Å². The van der Waals surface area contributed by atoms with Gasteiger partial charge in [-0.3, -0.25) is 5.32 Å². The van der Waals surface area contributed by atoms with Crippen LogP contribution < -0.4 is 15.4 Å². The molecule has 48 heavy (non-hydrogen) atoms. The Bertz CT molecular complexity index is 2350. The normalized spacial score (nSPS) is 18.1. The molecule has 0 bridgehead atoms. The van der Waals surface area contributed by atoms with Crippen LogP contribution in [0.25, 0.3) is 27.6 Å². The summed E-state index contributed by atoms with van der Waals surface area (Å²) in [6, 6.07) is 59.1. The van der Waals surface area contributed by atoms with Gasteiger partial charge in [0.25, 0.3) is 0 Å². The van der Waals surface area contributed by atoms with Crippen LogP contribution in [0.2, 0.25) is 0 Å². The minimum absolute atomic E-state index is 0.0273. The molecule has 228 valence electrons. The molecule has 0 aromatic heterocycles. The maximum atomic E-state index is 6.62.